The van der Waals surface area contributed by atoms with Crippen molar-refractivity contribution >= 4 is 23.2 Å². The molecule has 2 saturated heterocycles. The van der Waals surface area contributed by atoms with Gasteiger partial charge in [0.1, 0.15) is 5.75 Å². The van der Waals surface area contributed by atoms with Gasteiger partial charge in [-0.2, -0.15) is 0 Å². The Kier molecular flexibility index (Phi) is 6.07. The molecule has 0 saturated carbocycles. The van der Waals surface area contributed by atoms with Crippen LogP contribution in [0.25, 0.3) is 0 Å². The largest absolute Gasteiger partial charge is 0.495 e. The Balaban J connectivity index is 1.30. The number of carbonyl (C=O) groups excluding carboxylic acids is 2. The molecule has 2 fully saturated rings. The number of benzene rings is 2. The van der Waals surface area contributed by atoms with Crippen LogP contribution in [0.2, 0.25) is 0 Å². The average molecular weight is 409 g/mol. The number of hydrogen-bond donors (Lipinski definition) is 0. The van der Waals surface area contributed by atoms with Gasteiger partial charge >= 0.3 is 11.8 Å². The third kappa shape index (κ3) is 4.20. The SMILES string of the molecule is COc1ccccc1N1CCN(C(=O)C(=O)N2CCN(c3ccccc3)CC2)CC1. The van der Waals surface area contributed by atoms with Crippen molar-refractivity contribution < 1.29 is 14.3 Å². The molecule has 0 spiro atoms. The van der Waals surface area contributed by atoms with Gasteiger partial charge in [-0.3, -0.25) is 9.59 Å². The average Bonchev–Trinajstić information content (AvgIpc) is 2.84. The summed E-state index contributed by atoms with van der Waals surface area (Å²) in [5.74, 6) is 0.0564. The minimum absolute atomic E-state index is 0.381. The summed E-state index contributed by atoms with van der Waals surface area (Å²) in [6, 6.07) is 18.1. The molecule has 0 unspecified atom stereocenters. The summed E-state index contributed by atoms with van der Waals surface area (Å²) in [4.78, 5) is 33.4. The molecule has 0 aromatic heterocycles. The molecular weight excluding hydrogens is 380 g/mol. The van der Waals surface area contributed by atoms with Crippen LogP contribution in [0.4, 0.5) is 11.4 Å². The molecule has 0 atom stereocenters. The second-order valence-corrected chi connectivity index (χ2v) is 7.57. The molecule has 2 heterocycles. The van der Waals surface area contributed by atoms with Gasteiger partial charge in [0, 0.05) is 58.0 Å². The number of ether oxygens (including phenoxy) is 1. The zero-order chi connectivity index (χ0) is 20.9. The van der Waals surface area contributed by atoms with E-state index >= 15 is 0 Å². The van der Waals surface area contributed by atoms with Crippen molar-refractivity contribution in [3.63, 3.8) is 0 Å². The van der Waals surface area contributed by atoms with Gasteiger partial charge in [-0.05, 0) is 24.3 Å². The van der Waals surface area contributed by atoms with E-state index in [1.54, 1.807) is 16.9 Å². The van der Waals surface area contributed by atoms with E-state index in [0.29, 0.717) is 39.3 Å². The summed E-state index contributed by atoms with van der Waals surface area (Å²) >= 11 is 0. The molecule has 0 radical (unpaired) electrons. The maximum Gasteiger partial charge on any atom is 0.312 e. The smallest absolute Gasteiger partial charge is 0.312 e. The highest BCUT2D eigenvalue weighted by Gasteiger charge is 2.31. The monoisotopic (exact) mass is 408 g/mol. The van der Waals surface area contributed by atoms with Gasteiger partial charge in [0.2, 0.25) is 0 Å². The molecule has 2 aromatic carbocycles. The Morgan fingerprint density at radius 3 is 1.73 bits per heavy atom. The lowest BCUT2D eigenvalue weighted by atomic mass is 10.2. The van der Waals surface area contributed by atoms with E-state index in [4.69, 9.17) is 4.74 Å². The fraction of sp³-hybridized carbons (Fsp3) is 0.391. The van der Waals surface area contributed by atoms with Gasteiger partial charge in [-0.1, -0.05) is 30.3 Å². The molecule has 158 valence electrons. The first-order chi connectivity index (χ1) is 14.7. The topological polar surface area (TPSA) is 56.3 Å². The standard InChI is InChI=1S/C23H28N4O3/c1-30-21-10-6-5-9-20(21)25-13-17-27(18-14-25)23(29)22(28)26-15-11-24(12-16-26)19-7-3-2-4-8-19/h2-10H,11-18H2,1H3. The van der Waals surface area contributed by atoms with Crippen molar-refractivity contribution in [2.45, 2.75) is 0 Å². The van der Waals surface area contributed by atoms with E-state index in [2.05, 4.69) is 21.9 Å². The molecule has 2 aromatic rings. The highest BCUT2D eigenvalue weighted by Crippen LogP contribution is 2.28. The van der Waals surface area contributed by atoms with Crippen LogP contribution in [0.3, 0.4) is 0 Å². The van der Waals surface area contributed by atoms with Gasteiger partial charge in [-0.25, -0.2) is 0 Å². The summed E-state index contributed by atoms with van der Waals surface area (Å²) in [5, 5.41) is 0. The first-order valence-electron chi connectivity index (χ1n) is 10.4. The molecule has 7 nitrogen and oxygen atoms in total. The normalized spacial score (nSPS) is 17.1. The molecule has 4 rings (SSSR count). The lowest BCUT2D eigenvalue weighted by molar-refractivity contribution is -0.152. The van der Waals surface area contributed by atoms with E-state index in [1.807, 2.05) is 42.5 Å². The van der Waals surface area contributed by atoms with E-state index in [0.717, 1.165) is 30.2 Å². The van der Waals surface area contributed by atoms with Crippen molar-refractivity contribution in [2.24, 2.45) is 0 Å². The van der Waals surface area contributed by atoms with Gasteiger partial charge in [0.25, 0.3) is 0 Å². The van der Waals surface area contributed by atoms with Crippen LogP contribution in [0.1, 0.15) is 0 Å². The number of piperazine rings is 2. The van der Waals surface area contributed by atoms with Crippen LogP contribution < -0.4 is 14.5 Å². The Morgan fingerprint density at radius 1 is 0.667 bits per heavy atom. The number of amides is 2. The second kappa shape index (κ2) is 9.07. The lowest BCUT2D eigenvalue weighted by Gasteiger charge is -2.39. The summed E-state index contributed by atoms with van der Waals surface area (Å²) in [6.45, 7) is 5.05. The van der Waals surface area contributed by atoms with Crippen molar-refractivity contribution in [3.8, 4) is 5.75 Å². The quantitative estimate of drug-likeness (QED) is 0.724. The minimum Gasteiger partial charge on any atom is -0.495 e. The molecule has 30 heavy (non-hydrogen) atoms. The number of rotatable bonds is 3. The molecule has 2 aliphatic heterocycles. The molecular formula is C23H28N4O3. The van der Waals surface area contributed by atoms with Crippen molar-refractivity contribution in [1.82, 2.24) is 9.80 Å². The van der Waals surface area contributed by atoms with E-state index in [9.17, 15) is 9.59 Å². The summed E-state index contributed by atoms with van der Waals surface area (Å²) < 4.78 is 5.44. The van der Waals surface area contributed by atoms with Crippen LogP contribution >= 0.6 is 0 Å². The first-order valence-corrected chi connectivity index (χ1v) is 10.4. The van der Waals surface area contributed by atoms with Crippen molar-refractivity contribution in [2.75, 3.05) is 69.3 Å². The van der Waals surface area contributed by atoms with Crippen LogP contribution in [0.5, 0.6) is 5.75 Å². The summed E-state index contributed by atoms with van der Waals surface area (Å²) in [7, 11) is 1.66. The molecule has 7 heteroatoms. The number of para-hydroxylation sites is 3. The number of anilines is 2. The van der Waals surface area contributed by atoms with Crippen molar-refractivity contribution in [1.29, 1.82) is 0 Å². The van der Waals surface area contributed by atoms with Crippen LogP contribution in [0.15, 0.2) is 54.6 Å². The highest BCUT2D eigenvalue weighted by atomic mass is 16.5. The maximum absolute atomic E-state index is 12.8. The van der Waals surface area contributed by atoms with E-state index in [1.165, 1.54) is 0 Å². The van der Waals surface area contributed by atoms with Crippen LogP contribution in [-0.2, 0) is 9.59 Å². The predicted octanol–water partition coefficient (Wildman–Crippen LogP) is 1.69. The van der Waals surface area contributed by atoms with Crippen LogP contribution in [-0.4, -0.2) is 81.1 Å². The number of carbonyl (C=O) groups is 2. The molecule has 0 N–H and O–H groups in total. The van der Waals surface area contributed by atoms with Gasteiger partial charge in [0.15, 0.2) is 0 Å². The van der Waals surface area contributed by atoms with E-state index in [-0.39, 0.29) is 11.8 Å². The Hall–Kier alpha value is -3.22. The zero-order valence-corrected chi connectivity index (χ0v) is 17.4. The van der Waals surface area contributed by atoms with Crippen molar-refractivity contribution in [3.05, 3.63) is 54.6 Å². The van der Waals surface area contributed by atoms with E-state index < -0.39 is 0 Å². The summed E-state index contributed by atoms with van der Waals surface area (Å²) in [6.07, 6.45) is 0. The minimum atomic E-state index is -0.386. The first kappa shape index (κ1) is 20.1. The zero-order valence-electron chi connectivity index (χ0n) is 17.4. The lowest BCUT2D eigenvalue weighted by Crippen LogP contribution is -2.56. The number of hydrogen-bond acceptors (Lipinski definition) is 5. The number of nitrogens with zero attached hydrogens (tertiary/aromatic N) is 4. The van der Waals surface area contributed by atoms with Gasteiger partial charge in [0.05, 0.1) is 12.8 Å². The second-order valence-electron chi connectivity index (χ2n) is 7.57. The fourth-order valence-electron chi connectivity index (χ4n) is 4.12. The Bertz CT molecular complexity index is 873. The Labute approximate surface area is 177 Å². The molecule has 0 bridgehead atoms. The fourth-order valence-corrected chi connectivity index (χ4v) is 4.12. The number of methoxy groups -OCH3 is 1. The third-order valence-electron chi connectivity index (χ3n) is 5.86. The molecule has 2 amide bonds. The third-order valence-corrected chi connectivity index (χ3v) is 5.86. The Morgan fingerprint density at radius 2 is 1.17 bits per heavy atom. The maximum atomic E-state index is 12.8. The van der Waals surface area contributed by atoms with Gasteiger partial charge in [-0.15, -0.1) is 0 Å². The molecule has 2 aliphatic rings. The highest BCUT2D eigenvalue weighted by molar-refractivity contribution is 6.35. The molecule has 0 aliphatic carbocycles. The summed E-state index contributed by atoms with van der Waals surface area (Å²) in [5.41, 5.74) is 2.18. The predicted molar refractivity (Wildman–Crippen MR) is 117 cm³/mol. The van der Waals surface area contributed by atoms with Crippen LogP contribution in [0, 0.1) is 0 Å². The van der Waals surface area contributed by atoms with Gasteiger partial charge < -0.3 is 24.3 Å².